The van der Waals surface area contributed by atoms with E-state index in [1.807, 2.05) is 22.5 Å². The summed E-state index contributed by atoms with van der Waals surface area (Å²) in [7, 11) is 0. The largest absolute Gasteiger partial charge is 0.340 e. The highest BCUT2D eigenvalue weighted by Gasteiger charge is 2.21. The van der Waals surface area contributed by atoms with Gasteiger partial charge in [-0.15, -0.1) is 11.3 Å². The number of thiazole rings is 1. The first-order valence-corrected chi connectivity index (χ1v) is 13.2. The molecule has 0 saturated carbocycles. The monoisotopic (exact) mass is 487 g/mol. The molecule has 2 N–H and O–H groups in total. The van der Waals surface area contributed by atoms with E-state index >= 15 is 0 Å². The van der Waals surface area contributed by atoms with Crippen LogP contribution in [-0.2, 0) is 4.79 Å². The third-order valence-electron chi connectivity index (χ3n) is 7.02. The van der Waals surface area contributed by atoms with Crippen LogP contribution in [0.1, 0.15) is 37.8 Å². The Bertz CT molecular complexity index is 1380. The van der Waals surface area contributed by atoms with Crippen LogP contribution in [0.4, 0.5) is 11.5 Å². The van der Waals surface area contributed by atoms with Crippen molar-refractivity contribution in [2.24, 2.45) is 0 Å². The van der Waals surface area contributed by atoms with Gasteiger partial charge in [-0.05, 0) is 62.2 Å². The van der Waals surface area contributed by atoms with E-state index in [1.54, 1.807) is 17.7 Å². The number of aromatic amines is 1. The molecule has 8 nitrogen and oxygen atoms in total. The molecule has 35 heavy (non-hydrogen) atoms. The minimum atomic E-state index is 0.262. The molecule has 1 aromatic carbocycles. The fourth-order valence-electron chi connectivity index (χ4n) is 5.02. The van der Waals surface area contributed by atoms with Crippen LogP contribution >= 0.6 is 11.3 Å². The zero-order valence-corrected chi connectivity index (χ0v) is 20.5. The number of anilines is 2. The summed E-state index contributed by atoms with van der Waals surface area (Å²) in [6.45, 7) is 4.58. The molecule has 5 heterocycles. The van der Waals surface area contributed by atoms with Crippen molar-refractivity contribution in [3.8, 4) is 0 Å². The molecule has 4 aromatic rings. The van der Waals surface area contributed by atoms with Gasteiger partial charge in [0.2, 0.25) is 5.91 Å². The van der Waals surface area contributed by atoms with Gasteiger partial charge in [0.05, 0.1) is 21.1 Å². The standard InChI is InChI=1S/C26H29N7OS/c34-24(8-11-32-9-2-1-3-10-32)33-12-6-18(7-13-33)22-15-20-25(27-16-28-26(20)31-22)30-19-4-5-21-23(14-19)35-17-29-21/h4-6,14-17H,1-3,7-13H2,(H2,27,28,30,31). The normalized spacial score (nSPS) is 17.1. The lowest BCUT2D eigenvalue weighted by Gasteiger charge is -2.29. The number of piperidine rings is 1. The molecule has 2 aliphatic heterocycles. The van der Waals surface area contributed by atoms with Crippen LogP contribution in [0.3, 0.4) is 0 Å². The van der Waals surface area contributed by atoms with Gasteiger partial charge < -0.3 is 20.1 Å². The van der Waals surface area contributed by atoms with Gasteiger partial charge in [0, 0.05) is 37.4 Å². The Labute approximate surface area is 208 Å². The Morgan fingerprint density at radius 2 is 2.00 bits per heavy atom. The number of likely N-dealkylation sites (tertiary alicyclic amines) is 1. The van der Waals surface area contributed by atoms with Gasteiger partial charge in [-0.1, -0.05) is 12.5 Å². The van der Waals surface area contributed by atoms with E-state index < -0.39 is 0 Å². The smallest absolute Gasteiger partial charge is 0.224 e. The Kier molecular flexibility index (Phi) is 6.18. The van der Waals surface area contributed by atoms with Gasteiger partial charge in [-0.25, -0.2) is 15.0 Å². The number of nitrogens with one attached hydrogen (secondary N) is 2. The summed E-state index contributed by atoms with van der Waals surface area (Å²) in [4.78, 5) is 33.9. The van der Waals surface area contributed by atoms with Gasteiger partial charge in [-0.3, -0.25) is 4.79 Å². The number of aromatic nitrogens is 4. The molecule has 2 aliphatic rings. The van der Waals surface area contributed by atoms with E-state index in [0.29, 0.717) is 13.0 Å². The summed E-state index contributed by atoms with van der Waals surface area (Å²) < 4.78 is 1.14. The number of amides is 1. The second-order valence-electron chi connectivity index (χ2n) is 9.30. The third kappa shape index (κ3) is 4.78. The van der Waals surface area contributed by atoms with Crippen LogP contribution in [0.5, 0.6) is 0 Å². The molecule has 6 rings (SSSR count). The zero-order valence-electron chi connectivity index (χ0n) is 19.7. The van der Waals surface area contributed by atoms with Crippen molar-refractivity contribution in [1.29, 1.82) is 0 Å². The second-order valence-corrected chi connectivity index (χ2v) is 10.2. The van der Waals surface area contributed by atoms with Gasteiger partial charge in [0.1, 0.15) is 17.8 Å². The van der Waals surface area contributed by atoms with Crippen molar-refractivity contribution < 1.29 is 4.79 Å². The summed E-state index contributed by atoms with van der Waals surface area (Å²) in [5.41, 5.74) is 6.90. The maximum atomic E-state index is 12.7. The number of carbonyl (C=O) groups excluding carboxylic acids is 1. The van der Waals surface area contributed by atoms with Crippen LogP contribution in [0.25, 0.3) is 26.8 Å². The molecule has 3 aromatic heterocycles. The first-order chi connectivity index (χ1) is 17.2. The van der Waals surface area contributed by atoms with Gasteiger partial charge in [-0.2, -0.15) is 0 Å². The van der Waals surface area contributed by atoms with Crippen molar-refractivity contribution in [3.63, 3.8) is 0 Å². The number of benzene rings is 1. The van der Waals surface area contributed by atoms with Gasteiger partial charge in [0.25, 0.3) is 0 Å². The van der Waals surface area contributed by atoms with Gasteiger partial charge in [0.15, 0.2) is 0 Å². The highest BCUT2D eigenvalue weighted by atomic mass is 32.1. The van der Waals surface area contributed by atoms with E-state index in [9.17, 15) is 4.79 Å². The van der Waals surface area contributed by atoms with Crippen molar-refractivity contribution in [2.45, 2.75) is 32.1 Å². The molecule has 1 amide bonds. The summed E-state index contributed by atoms with van der Waals surface area (Å²) in [6, 6.07) is 8.24. The molecule has 0 radical (unpaired) electrons. The van der Waals surface area contributed by atoms with Crippen molar-refractivity contribution in [3.05, 3.63) is 47.9 Å². The first-order valence-electron chi connectivity index (χ1n) is 12.4. The molecule has 1 saturated heterocycles. The first kappa shape index (κ1) is 22.2. The minimum Gasteiger partial charge on any atom is -0.340 e. The maximum absolute atomic E-state index is 12.7. The Morgan fingerprint density at radius 1 is 1.09 bits per heavy atom. The van der Waals surface area contributed by atoms with Crippen molar-refractivity contribution >= 4 is 55.6 Å². The predicted molar refractivity (Wildman–Crippen MR) is 141 cm³/mol. The molecular weight excluding hydrogens is 458 g/mol. The molecule has 0 unspecified atom stereocenters. The Morgan fingerprint density at radius 3 is 2.86 bits per heavy atom. The highest BCUT2D eigenvalue weighted by Crippen LogP contribution is 2.30. The quantitative estimate of drug-likeness (QED) is 0.406. The molecule has 0 spiro atoms. The van der Waals surface area contributed by atoms with Crippen LogP contribution in [0, 0.1) is 0 Å². The number of rotatable bonds is 6. The minimum absolute atomic E-state index is 0.262. The lowest BCUT2D eigenvalue weighted by atomic mass is 10.0. The van der Waals surface area contributed by atoms with Crippen molar-refractivity contribution in [2.75, 3.05) is 38.0 Å². The number of hydrogen-bond acceptors (Lipinski definition) is 7. The molecule has 180 valence electrons. The molecular formula is C26H29N7OS. The van der Waals surface area contributed by atoms with Crippen LogP contribution in [0.15, 0.2) is 42.2 Å². The van der Waals surface area contributed by atoms with E-state index in [2.05, 4.69) is 48.4 Å². The van der Waals surface area contributed by atoms with E-state index in [0.717, 1.165) is 71.0 Å². The summed E-state index contributed by atoms with van der Waals surface area (Å²) in [5.74, 6) is 1.03. The molecule has 0 atom stereocenters. The molecule has 0 bridgehead atoms. The van der Waals surface area contributed by atoms with Gasteiger partial charge >= 0.3 is 0 Å². The van der Waals surface area contributed by atoms with E-state index in [1.165, 1.54) is 24.8 Å². The average molecular weight is 488 g/mol. The summed E-state index contributed by atoms with van der Waals surface area (Å²) >= 11 is 1.62. The van der Waals surface area contributed by atoms with Crippen LogP contribution in [0.2, 0.25) is 0 Å². The molecule has 0 aliphatic carbocycles. The molecule has 9 heteroatoms. The SMILES string of the molecule is O=C(CCN1CCCCC1)N1CC=C(c2cc3c(Nc4ccc5ncsc5c4)ncnc3[nH]2)CC1. The lowest BCUT2D eigenvalue weighted by Crippen LogP contribution is -2.38. The predicted octanol–water partition coefficient (Wildman–Crippen LogP) is 4.80. The average Bonchev–Trinajstić information content (AvgIpc) is 3.55. The number of nitrogens with zero attached hydrogens (tertiary/aromatic N) is 5. The highest BCUT2D eigenvalue weighted by molar-refractivity contribution is 7.16. The van der Waals surface area contributed by atoms with E-state index in [-0.39, 0.29) is 5.91 Å². The van der Waals surface area contributed by atoms with Crippen LogP contribution in [-0.4, -0.2) is 68.4 Å². The molecule has 1 fully saturated rings. The fourth-order valence-corrected chi connectivity index (χ4v) is 5.73. The number of fused-ring (bicyclic) bond motifs is 2. The number of carbonyl (C=O) groups is 1. The lowest BCUT2D eigenvalue weighted by molar-refractivity contribution is -0.131. The zero-order chi connectivity index (χ0) is 23.6. The Hall–Kier alpha value is -3.30. The topological polar surface area (TPSA) is 90.0 Å². The maximum Gasteiger partial charge on any atom is 0.224 e. The number of hydrogen-bond donors (Lipinski definition) is 2. The fraction of sp³-hybridized carbons (Fsp3) is 0.385. The summed E-state index contributed by atoms with van der Waals surface area (Å²) in [6.07, 6.45) is 9.05. The Balaban J connectivity index is 1.14. The van der Waals surface area contributed by atoms with E-state index in [4.69, 9.17) is 0 Å². The summed E-state index contributed by atoms with van der Waals surface area (Å²) in [5, 5.41) is 4.39. The van der Waals surface area contributed by atoms with Crippen molar-refractivity contribution in [1.82, 2.24) is 29.7 Å². The number of H-pyrrole nitrogens is 1. The second kappa shape index (κ2) is 9.75. The van der Waals surface area contributed by atoms with Crippen LogP contribution < -0.4 is 5.32 Å². The third-order valence-corrected chi connectivity index (χ3v) is 7.81.